The molecule has 0 unspecified atom stereocenters. The van der Waals surface area contributed by atoms with Gasteiger partial charge in [-0.05, 0) is 30.5 Å². The van der Waals surface area contributed by atoms with Crippen molar-refractivity contribution in [2.45, 2.75) is 33.2 Å². The first-order valence-electron chi connectivity index (χ1n) is 6.97. The van der Waals surface area contributed by atoms with E-state index >= 15 is 0 Å². The Morgan fingerprint density at radius 3 is 2.52 bits per heavy atom. The molecule has 1 N–H and O–H groups in total. The van der Waals surface area contributed by atoms with Crippen molar-refractivity contribution in [1.29, 1.82) is 0 Å². The maximum atomic E-state index is 12.2. The molecule has 0 saturated carbocycles. The largest absolute Gasteiger partial charge is 0.348 e. The highest BCUT2D eigenvalue weighted by Gasteiger charge is 2.11. The normalized spacial score (nSPS) is 10.7. The molecule has 0 radical (unpaired) electrons. The third kappa shape index (κ3) is 4.30. The van der Waals surface area contributed by atoms with E-state index in [9.17, 15) is 4.79 Å². The fraction of sp³-hybridized carbons (Fsp3) is 0.294. The van der Waals surface area contributed by atoms with Gasteiger partial charge in [0.1, 0.15) is 5.15 Å². The van der Waals surface area contributed by atoms with E-state index in [-0.39, 0.29) is 11.8 Å². The molecule has 2 rings (SSSR count). The summed E-state index contributed by atoms with van der Waals surface area (Å²) in [5, 5.41) is 3.25. The lowest BCUT2D eigenvalue weighted by Crippen LogP contribution is -2.23. The second-order valence-corrected chi connectivity index (χ2v) is 5.81. The van der Waals surface area contributed by atoms with E-state index in [0.29, 0.717) is 17.3 Å². The highest BCUT2D eigenvalue weighted by molar-refractivity contribution is 6.29. The van der Waals surface area contributed by atoms with Crippen LogP contribution in [0.3, 0.4) is 0 Å². The van der Waals surface area contributed by atoms with Gasteiger partial charge in [-0.15, -0.1) is 0 Å². The fourth-order valence-corrected chi connectivity index (χ4v) is 2.15. The molecule has 110 valence electrons. The van der Waals surface area contributed by atoms with Crippen LogP contribution in [-0.2, 0) is 6.54 Å². The van der Waals surface area contributed by atoms with Crippen LogP contribution >= 0.6 is 11.6 Å². The van der Waals surface area contributed by atoms with Crippen LogP contribution in [0.4, 0.5) is 0 Å². The number of amides is 1. The van der Waals surface area contributed by atoms with Gasteiger partial charge in [0.2, 0.25) is 0 Å². The van der Waals surface area contributed by atoms with Gasteiger partial charge in [-0.1, -0.05) is 55.3 Å². The second-order valence-electron chi connectivity index (χ2n) is 5.43. The lowest BCUT2D eigenvalue weighted by Gasteiger charge is -2.09. The monoisotopic (exact) mass is 302 g/mol. The number of halogens is 1. The number of carbonyl (C=O) groups is 1. The van der Waals surface area contributed by atoms with Gasteiger partial charge < -0.3 is 5.32 Å². The minimum atomic E-state index is -0.137. The van der Waals surface area contributed by atoms with Gasteiger partial charge in [-0.3, -0.25) is 4.79 Å². The summed E-state index contributed by atoms with van der Waals surface area (Å²) in [7, 11) is 0. The summed E-state index contributed by atoms with van der Waals surface area (Å²) in [4.78, 5) is 16.4. The lowest BCUT2D eigenvalue weighted by atomic mass is 10.1. The van der Waals surface area contributed by atoms with Gasteiger partial charge in [0.15, 0.2) is 0 Å². The first kappa shape index (κ1) is 15.5. The van der Waals surface area contributed by atoms with E-state index in [2.05, 4.69) is 10.3 Å². The molecule has 0 saturated heterocycles. The molecule has 0 spiro atoms. The van der Waals surface area contributed by atoms with Gasteiger partial charge in [-0.25, -0.2) is 4.98 Å². The number of nitrogens with one attached hydrogen (secondary N) is 1. The average molecular weight is 303 g/mol. The highest BCUT2D eigenvalue weighted by atomic mass is 35.5. The Balaban J connectivity index is 2.08. The smallest absolute Gasteiger partial charge is 0.251 e. The van der Waals surface area contributed by atoms with Crippen LogP contribution < -0.4 is 5.32 Å². The number of pyridine rings is 1. The summed E-state index contributed by atoms with van der Waals surface area (Å²) >= 11 is 5.98. The number of hydrogen-bond acceptors (Lipinski definition) is 2. The van der Waals surface area contributed by atoms with E-state index in [1.807, 2.05) is 45.0 Å². The maximum Gasteiger partial charge on any atom is 0.251 e. The molecule has 1 aromatic heterocycles. The number of rotatable bonds is 4. The molecule has 4 heteroatoms. The summed E-state index contributed by atoms with van der Waals surface area (Å²) in [6.07, 6.45) is 0. The number of aromatic nitrogens is 1. The summed E-state index contributed by atoms with van der Waals surface area (Å²) in [5.41, 5.74) is 3.64. The van der Waals surface area contributed by atoms with Crippen molar-refractivity contribution in [2.24, 2.45) is 0 Å². The molecule has 0 aliphatic carbocycles. The average Bonchev–Trinajstić information content (AvgIpc) is 2.45. The predicted molar refractivity (Wildman–Crippen MR) is 85.7 cm³/mol. The molecule has 1 amide bonds. The summed E-state index contributed by atoms with van der Waals surface area (Å²) in [6.45, 7) is 6.57. The van der Waals surface area contributed by atoms with Crippen molar-refractivity contribution < 1.29 is 4.79 Å². The van der Waals surface area contributed by atoms with Gasteiger partial charge in [0.05, 0.1) is 0 Å². The van der Waals surface area contributed by atoms with Crippen molar-refractivity contribution in [2.75, 3.05) is 0 Å². The van der Waals surface area contributed by atoms with Crippen LogP contribution in [0, 0.1) is 6.92 Å². The van der Waals surface area contributed by atoms with Crippen molar-refractivity contribution in [3.05, 3.63) is 63.9 Å². The maximum absolute atomic E-state index is 12.2. The van der Waals surface area contributed by atoms with E-state index in [4.69, 9.17) is 11.6 Å². The van der Waals surface area contributed by atoms with Crippen LogP contribution in [0.2, 0.25) is 5.15 Å². The standard InChI is InChI=1S/C17H19ClN2O/c1-11(2)15-8-14(9-16(18)20-15)17(21)19-10-13-6-4-12(3)5-7-13/h4-9,11H,10H2,1-3H3,(H,19,21). The van der Waals surface area contributed by atoms with Gasteiger partial charge in [0, 0.05) is 17.8 Å². The zero-order valence-corrected chi connectivity index (χ0v) is 13.2. The van der Waals surface area contributed by atoms with Gasteiger partial charge in [-0.2, -0.15) is 0 Å². The van der Waals surface area contributed by atoms with Crippen molar-refractivity contribution in [1.82, 2.24) is 10.3 Å². The Bertz CT molecular complexity index is 636. The Labute approximate surface area is 130 Å². The van der Waals surface area contributed by atoms with Gasteiger partial charge in [0.25, 0.3) is 5.91 Å². The Kier molecular flexibility index (Phi) is 4.97. The van der Waals surface area contributed by atoms with E-state index in [0.717, 1.165) is 11.3 Å². The van der Waals surface area contributed by atoms with Crippen LogP contribution in [0.15, 0.2) is 36.4 Å². The van der Waals surface area contributed by atoms with Crippen LogP contribution in [0.5, 0.6) is 0 Å². The SMILES string of the molecule is Cc1ccc(CNC(=O)c2cc(Cl)nc(C(C)C)c2)cc1. The van der Waals surface area contributed by atoms with E-state index in [1.165, 1.54) is 5.56 Å². The quantitative estimate of drug-likeness (QED) is 0.864. The zero-order valence-electron chi connectivity index (χ0n) is 12.5. The number of nitrogens with zero attached hydrogens (tertiary/aromatic N) is 1. The molecule has 1 aromatic carbocycles. The van der Waals surface area contributed by atoms with Crippen LogP contribution in [0.1, 0.15) is 46.9 Å². The molecule has 0 fully saturated rings. The predicted octanol–water partition coefficient (Wildman–Crippen LogP) is 4.10. The zero-order chi connectivity index (χ0) is 15.4. The summed E-state index contributed by atoms with van der Waals surface area (Å²) in [6, 6.07) is 11.5. The van der Waals surface area contributed by atoms with E-state index in [1.54, 1.807) is 12.1 Å². The molecule has 0 aliphatic heterocycles. The molecule has 0 atom stereocenters. The molecule has 21 heavy (non-hydrogen) atoms. The Morgan fingerprint density at radius 1 is 1.24 bits per heavy atom. The Morgan fingerprint density at radius 2 is 1.90 bits per heavy atom. The molecule has 1 heterocycles. The third-order valence-corrected chi connectivity index (χ3v) is 3.43. The molecule has 0 aliphatic rings. The first-order valence-corrected chi connectivity index (χ1v) is 7.34. The number of benzene rings is 1. The molecule has 0 bridgehead atoms. The van der Waals surface area contributed by atoms with E-state index < -0.39 is 0 Å². The van der Waals surface area contributed by atoms with Crippen molar-refractivity contribution >= 4 is 17.5 Å². The lowest BCUT2D eigenvalue weighted by molar-refractivity contribution is 0.0950. The fourth-order valence-electron chi connectivity index (χ4n) is 1.93. The van der Waals surface area contributed by atoms with Crippen molar-refractivity contribution in [3.63, 3.8) is 0 Å². The van der Waals surface area contributed by atoms with Gasteiger partial charge >= 0.3 is 0 Å². The molecular formula is C17H19ClN2O. The molecular weight excluding hydrogens is 284 g/mol. The minimum absolute atomic E-state index is 0.137. The topological polar surface area (TPSA) is 42.0 Å². The number of carbonyl (C=O) groups excluding carboxylic acids is 1. The number of hydrogen-bond donors (Lipinski definition) is 1. The summed E-state index contributed by atoms with van der Waals surface area (Å²) < 4.78 is 0. The van der Waals surface area contributed by atoms with Crippen molar-refractivity contribution in [3.8, 4) is 0 Å². The van der Waals surface area contributed by atoms with Crippen LogP contribution in [0.25, 0.3) is 0 Å². The highest BCUT2D eigenvalue weighted by Crippen LogP contribution is 2.17. The minimum Gasteiger partial charge on any atom is -0.348 e. The third-order valence-electron chi connectivity index (χ3n) is 3.24. The summed E-state index contributed by atoms with van der Waals surface area (Å²) in [5.74, 6) is 0.0918. The first-order chi connectivity index (χ1) is 9.95. The number of aryl methyl sites for hydroxylation is 1. The molecule has 2 aromatic rings. The Hall–Kier alpha value is -1.87. The van der Waals surface area contributed by atoms with Crippen LogP contribution in [-0.4, -0.2) is 10.9 Å². The molecule has 3 nitrogen and oxygen atoms in total. The second kappa shape index (κ2) is 6.72.